The summed E-state index contributed by atoms with van der Waals surface area (Å²) in [5.41, 5.74) is 1.80. The van der Waals surface area contributed by atoms with Crippen molar-refractivity contribution in [3.8, 4) is 0 Å². The lowest BCUT2D eigenvalue weighted by atomic mass is 10.2. The van der Waals surface area contributed by atoms with Crippen LogP contribution in [-0.2, 0) is 23.8 Å². The second-order valence-electron chi connectivity index (χ2n) is 6.06. The van der Waals surface area contributed by atoms with E-state index >= 15 is 0 Å². The largest absolute Gasteiger partial charge is 0.341 e. The molecule has 28 heavy (non-hydrogen) atoms. The molecular weight excluding hydrogens is 424 g/mol. The number of aromatic nitrogens is 5. The van der Waals surface area contributed by atoms with Gasteiger partial charge in [-0.25, -0.2) is 9.97 Å². The van der Waals surface area contributed by atoms with Gasteiger partial charge in [-0.05, 0) is 29.8 Å². The third kappa shape index (κ3) is 4.09. The monoisotopic (exact) mass is 437 g/mol. The zero-order chi connectivity index (χ0) is 19.7. The van der Waals surface area contributed by atoms with E-state index in [4.69, 9.17) is 23.2 Å². The number of rotatable bonds is 6. The molecule has 1 unspecified atom stereocenters. The molecule has 1 N–H and O–H groups in total. The van der Waals surface area contributed by atoms with Crippen molar-refractivity contribution in [1.29, 1.82) is 0 Å². The Hall–Kier alpha value is -2.29. The molecular formula is C18H14Cl2FN5OS. The van der Waals surface area contributed by atoms with E-state index in [1.54, 1.807) is 35.2 Å². The fraction of sp³-hybridized carbons (Fsp3) is 0.167. The van der Waals surface area contributed by atoms with E-state index < -0.39 is 16.7 Å². The molecule has 1 aromatic carbocycles. The van der Waals surface area contributed by atoms with Crippen molar-refractivity contribution in [2.24, 2.45) is 0 Å². The molecule has 3 heterocycles. The number of hydrogen-bond acceptors (Lipinski definition) is 4. The summed E-state index contributed by atoms with van der Waals surface area (Å²) in [6, 6.07) is 8.10. The highest BCUT2D eigenvalue weighted by Crippen LogP contribution is 2.22. The molecule has 10 heteroatoms. The van der Waals surface area contributed by atoms with Crippen LogP contribution >= 0.6 is 23.2 Å². The zero-order valence-electron chi connectivity index (χ0n) is 14.4. The quantitative estimate of drug-likeness (QED) is 0.462. The maximum Gasteiger partial charge on any atom is 0.215 e. The van der Waals surface area contributed by atoms with Crippen LogP contribution in [0.4, 0.5) is 4.39 Å². The Kier molecular flexibility index (Phi) is 5.43. The molecule has 144 valence electrons. The first-order valence-electron chi connectivity index (χ1n) is 8.34. The molecule has 1 atom stereocenters. The smallest absolute Gasteiger partial charge is 0.215 e. The molecule has 0 spiro atoms. The molecule has 0 aliphatic carbocycles. The summed E-state index contributed by atoms with van der Waals surface area (Å²) in [4.78, 5) is 15.3. The molecule has 0 saturated heterocycles. The summed E-state index contributed by atoms with van der Waals surface area (Å²) < 4.78 is 27.7. The highest BCUT2D eigenvalue weighted by atomic mass is 35.5. The normalized spacial score (nSPS) is 12.5. The lowest BCUT2D eigenvalue weighted by Gasteiger charge is -2.09. The van der Waals surface area contributed by atoms with Crippen LogP contribution in [0.1, 0.15) is 11.4 Å². The van der Waals surface area contributed by atoms with Crippen LogP contribution in [0, 0.1) is 5.95 Å². The Bertz CT molecular complexity index is 1180. The Morgan fingerprint density at radius 1 is 1.18 bits per heavy atom. The molecule has 0 fully saturated rings. The van der Waals surface area contributed by atoms with E-state index in [0.717, 1.165) is 5.56 Å². The number of nitrogens with zero attached hydrogens (tertiary/aromatic N) is 4. The van der Waals surface area contributed by atoms with Crippen molar-refractivity contribution < 1.29 is 8.60 Å². The SMILES string of the molecule is O=S(CCc1nc2nc(F)ccc2[nH]1)c1nccn1Cc1ccc(Cl)cc1Cl. The van der Waals surface area contributed by atoms with Gasteiger partial charge in [-0.1, -0.05) is 29.3 Å². The van der Waals surface area contributed by atoms with E-state index in [9.17, 15) is 8.60 Å². The third-order valence-electron chi connectivity index (χ3n) is 4.12. The minimum atomic E-state index is -1.35. The Labute approximate surface area is 172 Å². The van der Waals surface area contributed by atoms with Crippen LogP contribution in [-0.4, -0.2) is 34.5 Å². The first-order valence-corrected chi connectivity index (χ1v) is 10.4. The minimum Gasteiger partial charge on any atom is -0.341 e. The summed E-state index contributed by atoms with van der Waals surface area (Å²) in [5.74, 6) is 0.325. The average molecular weight is 438 g/mol. The number of halogens is 3. The number of pyridine rings is 1. The lowest BCUT2D eigenvalue weighted by Crippen LogP contribution is -2.11. The molecule has 4 aromatic rings. The Morgan fingerprint density at radius 3 is 2.86 bits per heavy atom. The van der Waals surface area contributed by atoms with Crippen LogP contribution in [0.25, 0.3) is 11.2 Å². The molecule has 0 bridgehead atoms. The Morgan fingerprint density at radius 2 is 2.04 bits per heavy atom. The van der Waals surface area contributed by atoms with Crippen LogP contribution in [0.2, 0.25) is 10.0 Å². The number of benzene rings is 1. The molecule has 0 aliphatic rings. The first-order chi connectivity index (χ1) is 13.5. The number of hydrogen-bond donors (Lipinski definition) is 1. The fourth-order valence-corrected chi connectivity index (χ4v) is 4.37. The molecule has 3 aromatic heterocycles. The molecule has 0 saturated carbocycles. The molecule has 4 rings (SSSR count). The second kappa shape index (κ2) is 7.98. The number of H-pyrrole nitrogens is 1. The van der Waals surface area contributed by atoms with Crippen molar-refractivity contribution in [1.82, 2.24) is 24.5 Å². The van der Waals surface area contributed by atoms with Gasteiger partial charge < -0.3 is 9.55 Å². The van der Waals surface area contributed by atoms with Crippen molar-refractivity contribution in [2.75, 3.05) is 5.75 Å². The van der Waals surface area contributed by atoms with Crippen molar-refractivity contribution >= 4 is 45.2 Å². The Balaban J connectivity index is 1.47. The summed E-state index contributed by atoms with van der Waals surface area (Å²) in [6.45, 7) is 0.435. The van der Waals surface area contributed by atoms with Crippen LogP contribution < -0.4 is 0 Å². The van der Waals surface area contributed by atoms with Crippen LogP contribution in [0.15, 0.2) is 47.9 Å². The summed E-state index contributed by atoms with van der Waals surface area (Å²) >= 11 is 12.2. The highest BCUT2D eigenvalue weighted by Gasteiger charge is 2.14. The maximum absolute atomic E-state index is 13.2. The van der Waals surface area contributed by atoms with E-state index in [1.165, 1.54) is 6.07 Å². The van der Waals surface area contributed by atoms with Gasteiger partial charge >= 0.3 is 0 Å². The third-order valence-corrected chi connectivity index (χ3v) is 6.03. The van der Waals surface area contributed by atoms with Gasteiger partial charge in [0.2, 0.25) is 5.95 Å². The number of aromatic amines is 1. The number of aryl methyl sites for hydroxylation is 1. The predicted octanol–water partition coefficient (Wildman–Crippen LogP) is 4.00. The van der Waals surface area contributed by atoms with Gasteiger partial charge in [0.1, 0.15) is 5.82 Å². The standard InChI is InChI=1S/C18H14Cl2FN5OS/c19-12-2-1-11(13(20)9-12)10-26-7-6-22-18(26)28(27)8-5-16-23-14-3-4-15(21)24-17(14)25-16/h1-4,6-7,9H,5,8,10H2,(H,23,24,25). The van der Waals surface area contributed by atoms with Gasteiger partial charge in [0.05, 0.1) is 22.9 Å². The summed E-state index contributed by atoms with van der Waals surface area (Å²) in [5, 5.41) is 1.55. The van der Waals surface area contributed by atoms with Crippen molar-refractivity contribution in [2.45, 2.75) is 18.1 Å². The number of fused-ring (bicyclic) bond motifs is 1. The van der Waals surface area contributed by atoms with Crippen LogP contribution in [0.3, 0.4) is 0 Å². The minimum absolute atomic E-state index is 0.305. The number of imidazole rings is 2. The van der Waals surface area contributed by atoms with E-state index in [-0.39, 0.29) is 0 Å². The first kappa shape index (κ1) is 19.0. The molecule has 0 radical (unpaired) electrons. The summed E-state index contributed by atoms with van der Waals surface area (Å²) in [6.07, 6.45) is 3.77. The van der Waals surface area contributed by atoms with Gasteiger partial charge in [0.15, 0.2) is 10.8 Å². The van der Waals surface area contributed by atoms with Crippen molar-refractivity contribution in [3.63, 3.8) is 0 Å². The number of nitrogens with one attached hydrogen (secondary N) is 1. The zero-order valence-corrected chi connectivity index (χ0v) is 16.7. The average Bonchev–Trinajstić information content (AvgIpc) is 3.28. The van der Waals surface area contributed by atoms with E-state index in [2.05, 4.69) is 19.9 Å². The van der Waals surface area contributed by atoms with Gasteiger partial charge in [-0.2, -0.15) is 9.37 Å². The lowest BCUT2D eigenvalue weighted by molar-refractivity contribution is 0.588. The van der Waals surface area contributed by atoms with Gasteiger partial charge in [-0.15, -0.1) is 0 Å². The van der Waals surface area contributed by atoms with E-state index in [1.807, 2.05) is 6.07 Å². The molecule has 0 aliphatic heterocycles. The van der Waals surface area contributed by atoms with Crippen LogP contribution in [0.5, 0.6) is 0 Å². The topological polar surface area (TPSA) is 76.5 Å². The highest BCUT2D eigenvalue weighted by molar-refractivity contribution is 7.84. The summed E-state index contributed by atoms with van der Waals surface area (Å²) in [7, 11) is -1.35. The second-order valence-corrected chi connectivity index (χ2v) is 8.37. The van der Waals surface area contributed by atoms with Gasteiger partial charge in [0, 0.05) is 34.6 Å². The van der Waals surface area contributed by atoms with Gasteiger partial charge in [0.25, 0.3) is 0 Å². The molecule has 6 nitrogen and oxygen atoms in total. The maximum atomic E-state index is 13.2. The van der Waals surface area contributed by atoms with Crippen molar-refractivity contribution in [3.05, 3.63) is 70.1 Å². The van der Waals surface area contributed by atoms with Gasteiger partial charge in [-0.3, -0.25) is 4.21 Å². The molecule has 0 amide bonds. The fourth-order valence-electron chi connectivity index (χ4n) is 2.78. The predicted molar refractivity (Wildman–Crippen MR) is 107 cm³/mol. The van der Waals surface area contributed by atoms with E-state index in [0.29, 0.717) is 50.9 Å².